The molecule has 8 heteroatoms. The first-order valence-corrected chi connectivity index (χ1v) is 12.7. The molecule has 0 aliphatic heterocycles. The molecule has 2 fully saturated rings. The third kappa shape index (κ3) is 4.28. The quantitative estimate of drug-likeness (QED) is 0.556. The van der Waals surface area contributed by atoms with Gasteiger partial charge in [0.05, 0.1) is 17.4 Å². The Kier molecular flexibility index (Phi) is 6.19. The average molecular weight is 468 g/mol. The first kappa shape index (κ1) is 22.1. The molecule has 2 aromatic rings. The van der Waals surface area contributed by atoms with Crippen LogP contribution in [0.4, 0.5) is 5.00 Å². The first-order chi connectivity index (χ1) is 16.0. The van der Waals surface area contributed by atoms with Gasteiger partial charge in [-0.2, -0.15) is 0 Å². The molecule has 0 unspecified atom stereocenters. The highest BCUT2D eigenvalue weighted by Crippen LogP contribution is 2.53. The maximum atomic E-state index is 13.3. The van der Waals surface area contributed by atoms with Crippen molar-refractivity contribution in [2.75, 3.05) is 5.32 Å². The number of carbonyl (C=O) groups excluding carboxylic acids is 2. The summed E-state index contributed by atoms with van der Waals surface area (Å²) in [5.41, 5.74) is 2.51. The summed E-state index contributed by atoms with van der Waals surface area (Å²) in [7, 11) is 0. The van der Waals surface area contributed by atoms with E-state index in [2.05, 4.69) is 15.6 Å². The van der Waals surface area contributed by atoms with Crippen molar-refractivity contribution < 1.29 is 19.5 Å². The van der Waals surface area contributed by atoms with Crippen LogP contribution in [-0.2, 0) is 29.0 Å². The lowest BCUT2D eigenvalue weighted by Gasteiger charge is -2.27. The number of rotatable bonds is 6. The zero-order chi connectivity index (χ0) is 22.9. The number of thiophene rings is 1. The Balaban J connectivity index is 1.40. The van der Waals surface area contributed by atoms with Crippen molar-refractivity contribution >= 4 is 34.1 Å². The van der Waals surface area contributed by atoms with Crippen LogP contribution < -0.4 is 10.6 Å². The third-order valence-corrected chi connectivity index (χ3v) is 8.77. The minimum atomic E-state index is -0.876. The van der Waals surface area contributed by atoms with Crippen molar-refractivity contribution in [1.82, 2.24) is 10.3 Å². The van der Waals surface area contributed by atoms with E-state index in [1.807, 2.05) is 12.1 Å². The van der Waals surface area contributed by atoms with Crippen LogP contribution >= 0.6 is 11.3 Å². The second-order valence-electron chi connectivity index (χ2n) is 9.52. The minimum Gasteiger partial charge on any atom is -0.481 e. The number of nitrogens with one attached hydrogen (secondary N) is 2. The summed E-state index contributed by atoms with van der Waals surface area (Å²) < 4.78 is 0. The average Bonchev–Trinajstić information content (AvgIpc) is 3.47. The molecule has 7 nitrogen and oxygen atoms in total. The number of aliphatic carboxylic acids is 1. The van der Waals surface area contributed by atoms with E-state index in [0.717, 1.165) is 67.4 Å². The standard InChI is InChI=1S/C25H29N3O4S/c29-22(27-13-14-5-4-10-26-12-14)21-17-6-2-1-3-7-18(17)33-24(21)28-23(30)19-15-8-9-16(11-15)20(19)25(31)32/h4-5,10,12,15-16,19-20H,1-3,6-9,11,13H2,(H,27,29)(H,28,30)(H,31,32)/t15-,16-,19+,20-/m0/s1. The van der Waals surface area contributed by atoms with Gasteiger partial charge in [0.2, 0.25) is 5.91 Å². The number of hydrogen-bond donors (Lipinski definition) is 3. The van der Waals surface area contributed by atoms with Crippen molar-refractivity contribution in [2.24, 2.45) is 23.7 Å². The van der Waals surface area contributed by atoms with E-state index in [4.69, 9.17) is 0 Å². The first-order valence-electron chi connectivity index (χ1n) is 11.9. The second kappa shape index (κ2) is 9.25. The topological polar surface area (TPSA) is 108 Å². The van der Waals surface area contributed by atoms with Crippen LogP contribution in [0.2, 0.25) is 0 Å². The molecule has 0 aromatic carbocycles. The number of carboxylic acid groups (broad SMARTS) is 1. The van der Waals surface area contributed by atoms with Gasteiger partial charge in [0.15, 0.2) is 0 Å². The van der Waals surface area contributed by atoms with Crippen molar-refractivity contribution in [2.45, 2.75) is 57.9 Å². The number of nitrogens with zero attached hydrogens (tertiary/aromatic N) is 1. The highest BCUT2D eigenvalue weighted by atomic mass is 32.1. The number of pyridine rings is 1. The molecule has 5 rings (SSSR count). The van der Waals surface area contributed by atoms with Gasteiger partial charge in [0, 0.05) is 23.8 Å². The maximum Gasteiger partial charge on any atom is 0.307 e. The zero-order valence-corrected chi connectivity index (χ0v) is 19.3. The molecule has 0 spiro atoms. The summed E-state index contributed by atoms with van der Waals surface area (Å²) in [5, 5.41) is 16.3. The van der Waals surface area contributed by atoms with Crippen molar-refractivity contribution in [3.05, 3.63) is 46.1 Å². The summed E-state index contributed by atoms with van der Waals surface area (Å²) in [6, 6.07) is 3.74. The molecule has 2 heterocycles. The van der Waals surface area contributed by atoms with Crippen LogP contribution in [0.3, 0.4) is 0 Å². The van der Waals surface area contributed by atoms with Gasteiger partial charge < -0.3 is 15.7 Å². The molecule has 3 aliphatic carbocycles. The lowest BCUT2D eigenvalue weighted by Crippen LogP contribution is -2.38. The van der Waals surface area contributed by atoms with Gasteiger partial charge in [0.25, 0.3) is 5.91 Å². The lowest BCUT2D eigenvalue weighted by atomic mass is 9.78. The molecule has 2 bridgehead atoms. The molecule has 174 valence electrons. The van der Waals surface area contributed by atoms with Crippen LogP contribution in [0.15, 0.2) is 24.5 Å². The highest BCUT2D eigenvalue weighted by Gasteiger charge is 2.54. The van der Waals surface area contributed by atoms with E-state index in [0.29, 0.717) is 17.1 Å². The Morgan fingerprint density at radius 3 is 2.64 bits per heavy atom. The van der Waals surface area contributed by atoms with Gasteiger partial charge in [-0.15, -0.1) is 11.3 Å². The monoisotopic (exact) mass is 467 g/mol. The van der Waals surface area contributed by atoms with Gasteiger partial charge >= 0.3 is 5.97 Å². The van der Waals surface area contributed by atoms with Crippen LogP contribution in [0, 0.1) is 23.7 Å². The number of aryl methyl sites for hydroxylation is 1. The van der Waals surface area contributed by atoms with Crippen LogP contribution in [0.1, 0.15) is 64.9 Å². The van der Waals surface area contributed by atoms with Crippen molar-refractivity contribution in [1.29, 1.82) is 0 Å². The zero-order valence-electron chi connectivity index (χ0n) is 18.5. The Labute approximate surface area is 197 Å². The van der Waals surface area contributed by atoms with Crippen LogP contribution in [0.5, 0.6) is 0 Å². The summed E-state index contributed by atoms with van der Waals surface area (Å²) in [6.07, 6.45) is 11.0. The maximum absolute atomic E-state index is 13.3. The van der Waals surface area contributed by atoms with Gasteiger partial charge in [-0.3, -0.25) is 19.4 Å². The van der Waals surface area contributed by atoms with Crippen LogP contribution in [-0.4, -0.2) is 27.9 Å². The molecular formula is C25H29N3O4S. The Morgan fingerprint density at radius 2 is 1.88 bits per heavy atom. The van der Waals surface area contributed by atoms with Gasteiger partial charge in [0.1, 0.15) is 5.00 Å². The second-order valence-corrected chi connectivity index (χ2v) is 10.6. The minimum absolute atomic E-state index is 0.0885. The molecule has 2 aromatic heterocycles. The summed E-state index contributed by atoms with van der Waals surface area (Å²) >= 11 is 1.49. The number of carboxylic acids is 1. The fourth-order valence-corrected chi connectivity index (χ4v) is 7.35. The number of carbonyl (C=O) groups is 3. The fraction of sp³-hybridized carbons (Fsp3) is 0.520. The summed E-state index contributed by atoms with van der Waals surface area (Å²) in [6.45, 7) is 0.359. The summed E-state index contributed by atoms with van der Waals surface area (Å²) in [4.78, 5) is 43.8. The van der Waals surface area contributed by atoms with E-state index in [9.17, 15) is 19.5 Å². The number of fused-ring (bicyclic) bond motifs is 3. The molecule has 4 atom stereocenters. The van der Waals surface area contributed by atoms with Crippen molar-refractivity contribution in [3.63, 3.8) is 0 Å². The van der Waals surface area contributed by atoms with E-state index < -0.39 is 17.8 Å². The van der Waals surface area contributed by atoms with E-state index >= 15 is 0 Å². The van der Waals surface area contributed by atoms with Crippen molar-refractivity contribution in [3.8, 4) is 0 Å². The highest BCUT2D eigenvalue weighted by molar-refractivity contribution is 7.17. The van der Waals surface area contributed by atoms with E-state index in [1.54, 1.807) is 12.4 Å². The molecule has 2 amide bonds. The van der Waals surface area contributed by atoms with Crippen LogP contribution in [0.25, 0.3) is 0 Å². The Morgan fingerprint density at radius 1 is 1.09 bits per heavy atom. The van der Waals surface area contributed by atoms with Gasteiger partial charge in [-0.1, -0.05) is 12.5 Å². The largest absolute Gasteiger partial charge is 0.481 e. The van der Waals surface area contributed by atoms with Gasteiger partial charge in [-0.05, 0) is 74.0 Å². The number of aromatic nitrogens is 1. The number of anilines is 1. The molecule has 33 heavy (non-hydrogen) atoms. The SMILES string of the molecule is O=C(NCc1cccnc1)c1c(NC(=O)[C@@H]2[C@H]3CC[C@@H](C3)[C@@H]2C(=O)O)sc2c1CCCCC2. The molecule has 0 radical (unpaired) electrons. The van der Waals surface area contributed by atoms with Gasteiger partial charge in [-0.25, -0.2) is 0 Å². The number of hydrogen-bond acceptors (Lipinski definition) is 5. The molecule has 0 saturated heterocycles. The molecule has 2 saturated carbocycles. The normalized spacial score (nSPS) is 25.8. The van der Waals surface area contributed by atoms with E-state index in [-0.39, 0.29) is 23.7 Å². The molecule has 3 N–H and O–H groups in total. The molecular weight excluding hydrogens is 438 g/mol. The lowest BCUT2D eigenvalue weighted by molar-refractivity contribution is -0.148. The smallest absolute Gasteiger partial charge is 0.307 e. The Bertz CT molecular complexity index is 1070. The molecule has 3 aliphatic rings. The summed E-state index contributed by atoms with van der Waals surface area (Å²) in [5.74, 6) is -2.25. The Hall–Kier alpha value is -2.74. The number of amides is 2. The fourth-order valence-electron chi connectivity index (χ4n) is 6.06. The third-order valence-electron chi connectivity index (χ3n) is 7.57. The predicted octanol–water partition coefficient (Wildman–Crippen LogP) is 4.03. The predicted molar refractivity (Wildman–Crippen MR) is 125 cm³/mol. The van der Waals surface area contributed by atoms with E-state index in [1.165, 1.54) is 11.3 Å².